The number of aliphatic carboxylic acids is 1. The number of carboxylic acids is 1. The van der Waals surface area contributed by atoms with Gasteiger partial charge in [0.1, 0.15) is 0 Å². The Morgan fingerprint density at radius 3 is 2.50 bits per heavy atom. The first-order valence-corrected chi connectivity index (χ1v) is 5.58. The lowest BCUT2D eigenvalue weighted by Crippen LogP contribution is -2.37. The summed E-state index contributed by atoms with van der Waals surface area (Å²) in [4.78, 5) is 11.3. The van der Waals surface area contributed by atoms with Crippen LogP contribution in [0.4, 0.5) is 13.2 Å². The molecule has 1 aromatic carbocycles. The number of alkyl halides is 3. The molecule has 8 heteroatoms. The maximum absolute atomic E-state index is 12.4. The summed E-state index contributed by atoms with van der Waals surface area (Å²) in [7, 11) is 1.34. The zero-order chi connectivity index (χ0) is 15.3. The van der Waals surface area contributed by atoms with E-state index >= 15 is 0 Å². The van der Waals surface area contributed by atoms with Gasteiger partial charge >= 0.3 is 12.1 Å². The van der Waals surface area contributed by atoms with Crippen molar-refractivity contribution in [1.82, 2.24) is 4.90 Å². The molecule has 0 unspecified atom stereocenters. The highest BCUT2D eigenvalue weighted by atomic mass is 19.4. The van der Waals surface area contributed by atoms with Crippen LogP contribution in [-0.4, -0.2) is 47.5 Å². The Morgan fingerprint density at radius 2 is 2.05 bits per heavy atom. The summed E-state index contributed by atoms with van der Waals surface area (Å²) in [5.74, 6) is -1.38. The minimum Gasteiger partial charge on any atom is -0.504 e. The second-order valence-corrected chi connectivity index (χ2v) is 4.16. The Balaban J connectivity index is 2.83. The van der Waals surface area contributed by atoms with E-state index in [-0.39, 0.29) is 18.0 Å². The summed E-state index contributed by atoms with van der Waals surface area (Å²) in [6, 6.07) is 4.10. The number of halogens is 3. The van der Waals surface area contributed by atoms with E-state index in [9.17, 15) is 23.1 Å². The molecule has 0 saturated carbocycles. The van der Waals surface area contributed by atoms with Crippen molar-refractivity contribution < 1.29 is 32.9 Å². The predicted octanol–water partition coefficient (Wildman–Crippen LogP) is 1.85. The Morgan fingerprint density at radius 1 is 1.40 bits per heavy atom. The third-order valence-electron chi connectivity index (χ3n) is 2.41. The van der Waals surface area contributed by atoms with Crippen molar-refractivity contribution in [2.45, 2.75) is 12.7 Å². The van der Waals surface area contributed by atoms with Crippen LogP contribution in [0.15, 0.2) is 18.2 Å². The van der Waals surface area contributed by atoms with Gasteiger partial charge in [0, 0.05) is 6.54 Å². The van der Waals surface area contributed by atoms with E-state index in [1.54, 1.807) is 0 Å². The van der Waals surface area contributed by atoms with Crippen molar-refractivity contribution in [2.75, 3.05) is 20.2 Å². The number of carboxylic acid groups (broad SMARTS) is 1. The van der Waals surface area contributed by atoms with Crippen LogP contribution in [0.3, 0.4) is 0 Å². The summed E-state index contributed by atoms with van der Waals surface area (Å²) >= 11 is 0. The van der Waals surface area contributed by atoms with E-state index in [4.69, 9.17) is 9.84 Å². The van der Waals surface area contributed by atoms with Gasteiger partial charge in [0.15, 0.2) is 11.5 Å². The number of hydrogen-bond acceptors (Lipinski definition) is 4. The molecular formula is C12H14F3NO4. The first kappa shape index (κ1) is 16.1. The SMILES string of the molecule is COc1ccc(CN(CC(=O)O)CC(F)(F)F)cc1O. The van der Waals surface area contributed by atoms with E-state index in [1.165, 1.54) is 25.3 Å². The van der Waals surface area contributed by atoms with E-state index in [0.717, 1.165) is 4.90 Å². The van der Waals surface area contributed by atoms with Crippen LogP contribution < -0.4 is 4.74 Å². The minimum atomic E-state index is -4.50. The Labute approximate surface area is 113 Å². The first-order valence-electron chi connectivity index (χ1n) is 5.58. The maximum Gasteiger partial charge on any atom is 0.401 e. The zero-order valence-corrected chi connectivity index (χ0v) is 10.6. The fraction of sp³-hybridized carbons (Fsp3) is 0.417. The first-order chi connectivity index (χ1) is 9.21. The molecule has 0 atom stereocenters. The lowest BCUT2D eigenvalue weighted by molar-refractivity contribution is -0.154. The highest BCUT2D eigenvalue weighted by molar-refractivity contribution is 5.69. The smallest absolute Gasteiger partial charge is 0.401 e. The van der Waals surface area contributed by atoms with Crippen molar-refractivity contribution >= 4 is 5.97 Å². The van der Waals surface area contributed by atoms with Gasteiger partial charge in [0.05, 0.1) is 20.2 Å². The summed E-state index contributed by atoms with van der Waals surface area (Å²) in [5.41, 5.74) is 0.355. The van der Waals surface area contributed by atoms with Gasteiger partial charge < -0.3 is 14.9 Å². The number of benzene rings is 1. The average Bonchev–Trinajstić information content (AvgIpc) is 2.25. The largest absolute Gasteiger partial charge is 0.504 e. The van der Waals surface area contributed by atoms with Gasteiger partial charge in [-0.1, -0.05) is 6.07 Å². The van der Waals surface area contributed by atoms with Gasteiger partial charge in [-0.2, -0.15) is 13.2 Å². The molecule has 0 radical (unpaired) electrons. The molecule has 20 heavy (non-hydrogen) atoms. The molecule has 0 saturated heterocycles. The van der Waals surface area contributed by atoms with Gasteiger partial charge in [-0.15, -0.1) is 0 Å². The van der Waals surface area contributed by atoms with Crippen molar-refractivity contribution in [3.8, 4) is 11.5 Å². The normalized spacial score (nSPS) is 11.7. The Hall–Kier alpha value is -1.96. The van der Waals surface area contributed by atoms with E-state index in [2.05, 4.69) is 0 Å². The number of aromatic hydroxyl groups is 1. The van der Waals surface area contributed by atoms with Gasteiger partial charge in [-0.25, -0.2) is 0 Å². The van der Waals surface area contributed by atoms with Crippen LogP contribution in [0.5, 0.6) is 11.5 Å². The van der Waals surface area contributed by atoms with Crippen molar-refractivity contribution in [3.63, 3.8) is 0 Å². The Kier molecular flexibility index (Phi) is 5.20. The van der Waals surface area contributed by atoms with Crippen LogP contribution in [0.25, 0.3) is 0 Å². The molecular weight excluding hydrogens is 279 g/mol. The van der Waals surface area contributed by atoms with Crippen molar-refractivity contribution in [3.05, 3.63) is 23.8 Å². The quantitative estimate of drug-likeness (QED) is 0.837. The Bertz CT molecular complexity index is 476. The molecule has 0 fully saturated rings. The summed E-state index contributed by atoms with van der Waals surface area (Å²) in [6.45, 7) is -2.33. The molecule has 0 spiro atoms. The highest BCUT2D eigenvalue weighted by Crippen LogP contribution is 2.27. The monoisotopic (exact) mass is 293 g/mol. The maximum atomic E-state index is 12.4. The topological polar surface area (TPSA) is 70.0 Å². The third kappa shape index (κ3) is 5.35. The number of rotatable bonds is 6. The van der Waals surface area contributed by atoms with Crippen LogP contribution in [0.1, 0.15) is 5.56 Å². The molecule has 0 aliphatic heterocycles. The number of phenols is 1. The third-order valence-corrected chi connectivity index (χ3v) is 2.41. The number of hydrogen-bond donors (Lipinski definition) is 2. The second kappa shape index (κ2) is 6.47. The lowest BCUT2D eigenvalue weighted by atomic mass is 10.2. The van der Waals surface area contributed by atoms with Crippen LogP contribution >= 0.6 is 0 Å². The molecule has 112 valence electrons. The average molecular weight is 293 g/mol. The molecule has 0 heterocycles. The number of methoxy groups -OCH3 is 1. The van der Waals surface area contributed by atoms with Gasteiger partial charge in [-0.3, -0.25) is 9.69 Å². The summed E-state index contributed by atoms with van der Waals surface area (Å²) in [5, 5.41) is 18.2. The highest BCUT2D eigenvalue weighted by Gasteiger charge is 2.31. The van der Waals surface area contributed by atoms with E-state index in [0.29, 0.717) is 5.56 Å². The second-order valence-electron chi connectivity index (χ2n) is 4.16. The predicted molar refractivity (Wildman–Crippen MR) is 63.6 cm³/mol. The minimum absolute atomic E-state index is 0.189. The number of carbonyl (C=O) groups is 1. The molecule has 0 amide bonds. The van der Waals surface area contributed by atoms with Crippen molar-refractivity contribution in [1.29, 1.82) is 0 Å². The summed E-state index contributed by atoms with van der Waals surface area (Å²) < 4.78 is 41.9. The zero-order valence-electron chi connectivity index (χ0n) is 10.6. The molecule has 1 aromatic rings. The van der Waals surface area contributed by atoms with E-state index < -0.39 is 25.2 Å². The lowest BCUT2D eigenvalue weighted by Gasteiger charge is -2.22. The van der Waals surface area contributed by atoms with Gasteiger partial charge in [-0.05, 0) is 17.7 Å². The summed E-state index contributed by atoms with van der Waals surface area (Å²) in [6.07, 6.45) is -4.50. The molecule has 5 nitrogen and oxygen atoms in total. The molecule has 1 rings (SSSR count). The standard InChI is InChI=1S/C12H14F3NO4/c1-20-10-3-2-8(4-9(10)17)5-16(6-11(18)19)7-12(13,14)15/h2-4,17H,5-7H2,1H3,(H,18,19). The molecule has 0 aliphatic carbocycles. The van der Waals surface area contributed by atoms with Gasteiger partial charge in [0.2, 0.25) is 0 Å². The molecule has 0 aliphatic rings. The van der Waals surface area contributed by atoms with Crippen LogP contribution in [0.2, 0.25) is 0 Å². The molecule has 0 bridgehead atoms. The van der Waals surface area contributed by atoms with Crippen LogP contribution in [-0.2, 0) is 11.3 Å². The molecule has 2 N–H and O–H groups in total. The van der Waals surface area contributed by atoms with E-state index in [1.807, 2.05) is 0 Å². The van der Waals surface area contributed by atoms with Gasteiger partial charge in [0.25, 0.3) is 0 Å². The fourth-order valence-corrected chi connectivity index (χ4v) is 1.70. The number of nitrogens with zero attached hydrogens (tertiary/aromatic N) is 1. The molecule has 0 aromatic heterocycles. The van der Waals surface area contributed by atoms with Crippen LogP contribution in [0, 0.1) is 0 Å². The number of ether oxygens (including phenoxy) is 1. The number of phenolic OH excluding ortho intramolecular Hbond substituents is 1. The van der Waals surface area contributed by atoms with Crippen molar-refractivity contribution in [2.24, 2.45) is 0 Å². The fourth-order valence-electron chi connectivity index (χ4n) is 1.70.